The lowest BCUT2D eigenvalue weighted by Gasteiger charge is -2.38. The van der Waals surface area contributed by atoms with Gasteiger partial charge in [0.15, 0.2) is 0 Å². The van der Waals surface area contributed by atoms with Gasteiger partial charge < -0.3 is 10.2 Å². The van der Waals surface area contributed by atoms with E-state index in [-0.39, 0.29) is 24.3 Å². The van der Waals surface area contributed by atoms with E-state index in [9.17, 15) is 14.0 Å². The zero-order valence-corrected chi connectivity index (χ0v) is 11.9. The number of halogens is 1. The van der Waals surface area contributed by atoms with Crippen LogP contribution in [0.25, 0.3) is 0 Å². The first-order valence-electron chi connectivity index (χ1n) is 7.30. The van der Waals surface area contributed by atoms with Crippen molar-refractivity contribution < 1.29 is 14.0 Å². The fourth-order valence-corrected chi connectivity index (χ4v) is 2.87. The van der Waals surface area contributed by atoms with Gasteiger partial charge in [0.25, 0.3) is 0 Å². The maximum atomic E-state index is 13.2. The number of nitrogens with zero attached hydrogens (tertiary/aromatic N) is 2. The maximum absolute atomic E-state index is 13.2. The van der Waals surface area contributed by atoms with Crippen LogP contribution in [0.2, 0.25) is 0 Å². The Morgan fingerprint density at radius 3 is 2.76 bits per heavy atom. The van der Waals surface area contributed by atoms with Gasteiger partial charge in [-0.2, -0.15) is 0 Å². The summed E-state index contributed by atoms with van der Waals surface area (Å²) in [5.41, 5.74) is 0.603. The zero-order valence-electron chi connectivity index (χ0n) is 11.9. The van der Waals surface area contributed by atoms with Crippen LogP contribution >= 0.6 is 0 Å². The molecule has 6 heteroatoms. The minimum Gasteiger partial charge on any atom is -0.342 e. The molecule has 1 aromatic rings. The van der Waals surface area contributed by atoms with Gasteiger partial charge in [-0.3, -0.25) is 14.6 Å². The number of carbonyl (C=O) groups excluding carboxylic acids is 2. The van der Waals surface area contributed by atoms with Crippen LogP contribution in [0.5, 0.6) is 0 Å². The van der Waals surface area contributed by atoms with Crippen LogP contribution in [0.1, 0.15) is 31.7 Å². The van der Waals surface area contributed by atoms with E-state index in [2.05, 4.69) is 10.3 Å². The molecule has 1 aliphatic carbocycles. The van der Waals surface area contributed by atoms with Gasteiger partial charge in [0.05, 0.1) is 6.20 Å². The average Bonchev–Trinajstić information content (AvgIpc) is 3.27. The summed E-state index contributed by atoms with van der Waals surface area (Å²) >= 11 is 0. The molecule has 0 aromatic carbocycles. The van der Waals surface area contributed by atoms with Crippen molar-refractivity contribution in [1.82, 2.24) is 15.2 Å². The van der Waals surface area contributed by atoms with E-state index in [1.165, 1.54) is 12.3 Å². The highest BCUT2D eigenvalue weighted by atomic mass is 19.1. The quantitative estimate of drug-likeness (QED) is 0.907. The largest absolute Gasteiger partial charge is 0.342 e. The molecule has 2 atom stereocenters. The molecule has 2 heterocycles. The summed E-state index contributed by atoms with van der Waals surface area (Å²) in [6.07, 6.45) is 5.14. The summed E-state index contributed by atoms with van der Waals surface area (Å²) in [6, 6.07) is 0.448. The van der Waals surface area contributed by atoms with Gasteiger partial charge >= 0.3 is 0 Å². The van der Waals surface area contributed by atoms with Crippen molar-refractivity contribution in [3.05, 3.63) is 29.8 Å². The van der Waals surface area contributed by atoms with Crippen molar-refractivity contribution in [2.24, 2.45) is 5.92 Å². The van der Waals surface area contributed by atoms with Gasteiger partial charge in [-0.15, -0.1) is 0 Å². The second-order valence-electron chi connectivity index (χ2n) is 5.73. The Kier molecular flexibility index (Phi) is 3.61. The van der Waals surface area contributed by atoms with Gasteiger partial charge in [-0.05, 0) is 36.8 Å². The Labute approximate surface area is 122 Å². The van der Waals surface area contributed by atoms with Crippen LogP contribution in [0.3, 0.4) is 0 Å². The van der Waals surface area contributed by atoms with E-state index < -0.39 is 17.9 Å². The van der Waals surface area contributed by atoms with Gasteiger partial charge in [0.1, 0.15) is 17.9 Å². The molecule has 112 valence electrons. The van der Waals surface area contributed by atoms with Gasteiger partial charge in [-0.1, -0.05) is 6.92 Å². The van der Waals surface area contributed by atoms with Crippen molar-refractivity contribution in [3.63, 3.8) is 0 Å². The first kappa shape index (κ1) is 14.0. The molecule has 3 rings (SSSR count). The number of rotatable bonds is 4. The molecule has 1 saturated carbocycles. The number of piperazine rings is 1. The Balaban J connectivity index is 1.84. The number of aromatic nitrogens is 1. The van der Waals surface area contributed by atoms with Crippen LogP contribution in [-0.2, 0) is 16.1 Å². The molecule has 2 unspecified atom stereocenters. The second kappa shape index (κ2) is 5.42. The molecule has 1 N–H and O–H groups in total. The molecule has 21 heavy (non-hydrogen) atoms. The first-order valence-corrected chi connectivity index (χ1v) is 7.30. The number of pyridine rings is 1. The smallest absolute Gasteiger partial charge is 0.246 e. The number of nitrogens with one attached hydrogen (secondary N) is 1. The lowest BCUT2D eigenvalue weighted by molar-refractivity contribution is -0.150. The lowest BCUT2D eigenvalue weighted by Crippen LogP contribution is -2.63. The third kappa shape index (κ3) is 2.75. The van der Waals surface area contributed by atoms with E-state index in [4.69, 9.17) is 0 Å². The standard InChI is InChI=1S/C15H18FN3O2/c1-2-12-14(20)18-13(10-3-4-10)15(21)19(12)8-9-5-11(16)7-17-6-9/h5-7,10,12-13H,2-4,8H2,1H3,(H,18,20). The molecular formula is C15H18FN3O2. The highest BCUT2D eigenvalue weighted by Gasteiger charge is 2.46. The number of carbonyl (C=O) groups is 2. The second-order valence-corrected chi connectivity index (χ2v) is 5.73. The van der Waals surface area contributed by atoms with Gasteiger partial charge in [0.2, 0.25) is 11.8 Å². The fraction of sp³-hybridized carbons (Fsp3) is 0.533. The Bertz CT molecular complexity index is 574. The summed E-state index contributed by atoms with van der Waals surface area (Å²) in [7, 11) is 0. The van der Waals surface area contributed by atoms with Crippen molar-refractivity contribution in [1.29, 1.82) is 0 Å². The molecule has 0 spiro atoms. The monoisotopic (exact) mass is 291 g/mol. The normalized spacial score (nSPS) is 25.9. The topological polar surface area (TPSA) is 62.3 Å². The number of amides is 2. The summed E-state index contributed by atoms with van der Waals surface area (Å²) in [4.78, 5) is 30.2. The fourth-order valence-electron chi connectivity index (χ4n) is 2.87. The number of hydrogen-bond donors (Lipinski definition) is 1. The van der Waals surface area contributed by atoms with Crippen LogP contribution < -0.4 is 5.32 Å². The molecule has 1 aliphatic heterocycles. The van der Waals surface area contributed by atoms with Crippen molar-refractivity contribution in [3.8, 4) is 0 Å². The van der Waals surface area contributed by atoms with E-state index in [0.29, 0.717) is 12.0 Å². The third-order valence-electron chi connectivity index (χ3n) is 4.12. The zero-order chi connectivity index (χ0) is 15.0. The summed E-state index contributed by atoms with van der Waals surface area (Å²) in [5, 5.41) is 2.84. The predicted octanol–water partition coefficient (Wildman–Crippen LogP) is 1.24. The molecular weight excluding hydrogens is 273 g/mol. The van der Waals surface area contributed by atoms with Crippen LogP contribution in [0, 0.1) is 11.7 Å². The summed E-state index contributed by atoms with van der Waals surface area (Å²) < 4.78 is 13.2. The minimum atomic E-state index is -0.490. The highest BCUT2D eigenvalue weighted by molar-refractivity contribution is 5.97. The SMILES string of the molecule is CCC1C(=O)NC(C2CC2)C(=O)N1Cc1cncc(F)c1. The molecule has 5 nitrogen and oxygen atoms in total. The van der Waals surface area contributed by atoms with Crippen LogP contribution in [0.15, 0.2) is 18.5 Å². The van der Waals surface area contributed by atoms with E-state index in [1.54, 1.807) is 4.90 Å². The maximum Gasteiger partial charge on any atom is 0.246 e. The Hall–Kier alpha value is -1.98. The average molecular weight is 291 g/mol. The third-order valence-corrected chi connectivity index (χ3v) is 4.12. The lowest BCUT2D eigenvalue weighted by atomic mass is 10.0. The molecule has 2 aliphatic rings. The molecule has 2 fully saturated rings. The summed E-state index contributed by atoms with van der Waals surface area (Å²) in [6.45, 7) is 2.09. The van der Waals surface area contributed by atoms with Crippen molar-refractivity contribution >= 4 is 11.8 Å². The molecule has 1 saturated heterocycles. The molecule has 2 amide bonds. The van der Waals surface area contributed by atoms with Crippen LogP contribution in [0.4, 0.5) is 4.39 Å². The van der Waals surface area contributed by atoms with Gasteiger partial charge in [0, 0.05) is 12.7 Å². The minimum absolute atomic E-state index is 0.0618. The van der Waals surface area contributed by atoms with Crippen molar-refractivity contribution in [2.45, 2.75) is 44.8 Å². The van der Waals surface area contributed by atoms with Gasteiger partial charge in [-0.25, -0.2) is 4.39 Å². The Morgan fingerprint density at radius 1 is 1.38 bits per heavy atom. The predicted molar refractivity (Wildman–Crippen MR) is 73.5 cm³/mol. The van der Waals surface area contributed by atoms with E-state index >= 15 is 0 Å². The Morgan fingerprint density at radius 2 is 2.14 bits per heavy atom. The first-order chi connectivity index (χ1) is 10.1. The van der Waals surface area contributed by atoms with E-state index in [0.717, 1.165) is 19.0 Å². The molecule has 1 aromatic heterocycles. The van der Waals surface area contributed by atoms with Crippen LogP contribution in [-0.4, -0.2) is 33.8 Å². The molecule has 0 bridgehead atoms. The number of hydrogen-bond acceptors (Lipinski definition) is 3. The van der Waals surface area contributed by atoms with E-state index in [1.807, 2.05) is 6.92 Å². The van der Waals surface area contributed by atoms with Crippen molar-refractivity contribution in [2.75, 3.05) is 0 Å². The molecule has 0 radical (unpaired) electrons. The summed E-state index contributed by atoms with van der Waals surface area (Å²) in [5.74, 6) is -0.354. The highest BCUT2D eigenvalue weighted by Crippen LogP contribution is 2.35.